The molecule has 0 fully saturated rings. The first-order chi connectivity index (χ1) is 14.5. The van der Waals surface area contributed by atoms with Gasteiger partial charge in [0, 0.05) is 23.3 Å². The van der Waals surface area contributed by atoms with E-state index < -0.39 is 5.97 Å². The Bertz CT molecular complexity index is 1180. The van der Waals surface area contributed by atoms with Crippen LogP contribution in [-0.2, 0) is 4.74 Å². The van der Waals surface area contributed by atoms with Crippen molar-refractivity contribution in [1.29, 1.82) is 0 Å². The van der Waals surface area contributed by atoms with Gasteiger partial charge in [0.15, 0.2) is 0 Å². The first kappa shape index (κ1) is 19.4. The Labute approximate surface area is 174 Å². The van der Waals surface area contributed by atoms with Crippen LogP contribution in [0.5, 0.6) is 11.8 Å². The van der Waals surface area contributed by atoms with Crippen LogP contribution in [-0.4, -0.2) is 29.6 Å². The zero-order valence-electron chi connectivity index (χ0n) is 17.0. The molecule has 0 unspecified atom stereocenters. The van der Waals surface area contributed by atoms with E-state index in [9.17, 15) is 4.79 Å². The number of ether oxygens (including phenoxy) is 2. The van der Waals surface area contributed by atoms with E-state index in [2.05, 4.69) is 33.6 Å². The summed E-state index contributed by atoms with van der Waals surface area (Å²) in [5, 5.41) is 7.63. The normalized spacial score (nSPS) is 13.5. The van der Waals surface area contributed by atoms with E-state index in [1.165, 1.54) is 12.7 Å². The number of anilines is 1. The molecule has 2 N–H and O–H groups in total. The Hall–Kier alpha value is -3.87. The SMILES string of the molecule is COC(=O)c1cccc(Oc2nc(NC3=C(C)CNC(C)=C3)c3ccccc3n2)c1. The second kappa shape index (κ2) is 8.24. The van der Waals surface area contributed by atoms with Crippen LogP contribution in [0.15, 0.2) is 71.6 Å². The lowest BCUT2D eigenvalue weighted by Crippen LogP contribution is -2.21. The van der Waals surface area contributed by atoms with Crippen LogP contribution >= 0.6 is 0 Å². The summed E-state index contributed by atoms with van der Waals surface area (Å²) in [6.45, 7) is 4.86. The number of allylic oxidation sites excluding steroid dienone is 2. The van der Waals surface area contributed by atoms with E-state index in [0.717, 1.165) is 28.8 Å². The van der Waals surface area contributed by atoms with Gasteiger partial charge in [-0.25, -0.2) is 4.79 Å². The van der Waals surface area contributed by atoms with Crippen molar-refractivity contribution in [2.45, 2.75) is 13.8 Å². The fraction of sp³-hybridized carbons (Fsp3) is 0.174. The summed E-state index contributed by atoms with van der Waals surface area (Å²) < 4.78 is 10.7. The predicted octanol–water partition coefficient (Wildman–Crippen LogP) is 4.40. The number of nitrogens with zero attached hydrogens (tertiary/aromatic N) is 2. The quantitative estimate of drug-likeness (QED) is 0.612. The minimum atomic E-state index is -0.433. The summed E-state index contributed by atoms with van der Waals surface area (Å²) in [4.78, 5) is 20.9. The van der Waals surface area contributed by atoms with Gasteiger partial charge in [0.2, 0.25) is 0 Å². The summed E-state index contributed by atoms with van der Waals surface area (Å²) in [6.07, 6.45) is 2.05. The number of benzene rings is 2. The van der Waals surface area contributed by atoms with Crippen LogP contribution in [0.2, 0.25) is 0 Å². The number of methoxy groups -OCH3 is 1. The molecule has 0 saturated heterocycles. The van der Waals surface area contributed by atoms with Crippen LogP contribution in [0.25, 0.3) is 10.9 Å². The predicted molar refractivity (Wildman–Crippen MR) is 115 cm³/mol. The number of carbonyl (C=O) groups excluding carboxylic acids is 1. The maximum Gasteiger partial charge on any atom is 0.337 e. The Kier molecular flexibility index (Phi) is 5.34. The molecule has 152 valence electrons. The lowest BCUT2D eigenvalue weighted by molar-refractivity contribution is 0.0600. The van der Waals surface area contributed by atoms with Gasteiger partial charge in [-0.05, 0) is 55.8 Å². The van der Waals surface area contributed by atoms with E-state index in [4.69, 9.17) is 9.47 Å². The summed E-state index contributed by atoms with van der Waals surface area (Å²) in [6, 6.07) is 14.6. The molecule has 2 heterocycles. The van der Waals surface area contributed by atoms with Crippen molar-refractivity contribution in [2.75, 3.05) is 19.0 Å². The van der Waals surface area contributed by atoms with Gasteiger partial charge in [-0.3, -0.25) is 0 Å². The zero-order chi connectivity index (χ0) is 21.1. The third kappa shape index (κ3) is 4.10. The summed E-state index contributed by atoms with van der Waals surface area (Å²) >= 11 is 0. The van der Waals surface area contributed by atoms with Crippen molar-refractivity contribution in [3.05, 3.63) is 77.1 Å². The van der Waals surface area contributed by atoms with Gasteiger partial charge < -0.3 is 20.1 Å². The largest absolute Gasteiger partial charge is 0.465 e. The molecule has 0 saturated carbocycles. The number of fused-ring (bicyclic) bond motifs is 1. The third-order valence-corrected chi connectivity index (χ3v) is 4.75. The Morgan fingerprint density at radius 1 is 1.10 bits per heavy atom. The van der Waals surface area contributed by atoms with Crippen molar-refractivity contribution in [3.8, 4) is 11.8 Å². The second-order valence-corrected chi connectivity index (χ2v) is 6.99. The maximum absolute atomic E-state index is 11.8. The first-order valence-electron chi connectivity index (χ1n) is 9.55. The summed E-state index contributed by atoms with van der Waals surface area (Å²) in [5.74, 6) is 0.671. The Morgan fingerprint density at radius 3 is 2.77 bits per heavy atom. The molecule has 0 spiro atoms. The third-order valence-electron chi connectivity index (χ3n) is 4.75. The zero-order valence-corrected chi connectivity index (χ0v) is 17.0. The van der Waals surface area contributed by atoms with E-state index in [0.29, 0.717) is 17.1 Å². The molecule has 0 aliphatic carbocycles. The fourth-order valence-corrected chi connectivity index (χ4v) is 3.13. The number of aromatic nitrogens is 2. The fourth-order valence-electron chi connectivity index (χ4n) is 3.13. The average Bonchev–Trinajstić information content (AvgIpc) is 2.76. The topological polar surface area (TPSA) is 85.4 Å². The smallest absolute Gasteiger partial charge is 0.337 e. The minimum Gasteiger partial charge on any atom is -0.465 e. The van der Waals surface area contributed by atoms with Crippen molar-refractivity contribution in [1.82, 2.24) is 15.3 Å². The highest BCUT2D eigenvalue weighted by Gasteiger charge is 2.14. The van der Waals surface area contributed by atoms with Crippen molar-refractivity contribution in [2.24, 2.45) is 0 Å². The van der Waals surface area contributed by atoms with Crippen molar-refractivity contribution >= 4 is 22.7 Å². The number of nitrogens with one attached hydrogen (secondary N) is 2. The van der Waals surface area contributed by atoms with Crippen LogP contribution in [0.3, 0.4) is 0 Å². The van der Waals surface area contributed by atoms with E-state index in [1.54, 1.807) is 24.3 Å². The standard InChI is InChI=1S/C23H22N4O3/c1-14-13-24-15(2)11-20(14)25-21-18-9-4-5-10-19(18)26-23(27-21)30-17-8-6-7-16(12-17)22(28)29-3/h4-12,24H,13H2,1-3H3,(H,25,26,27). The number of dihydropyridines is 1. The van der Waals surface area contributed by atoms with Crippen LogP contribution < -0.4 is 15.4 Å². The number of carbonyl (C=O) groups is 1. The number of rotatable bonds is 5. The molecule has 7 nitrogen and oxygen atoms in total. The molecule has 1 aromatic heterocycles. The lowest BCUT2D eigenvalue weighted by atomic mass is 10.1. The molecular weight excluding hydrogens is 380 g/mol. The van der Waals surface area contributed by atoms with Crippen LogP contribution in [0.4, 0.5) is 5.82 Å². The van der Waals surface area contributed by atoms with E-state index in [1.807, 2.05) is 31.2 Å². The van der Waals surface area contributed by atoms with Gasteiger partial charge in [-0.1, -0.05) is 18.2 Å². The molecule has 3 aromatic rings. The molecular formula is C23H22N4O3. The second-order valence-electron chi connectivity index (χ2n) is 6.99. The van der Waals surface area contributed by atoms with Crippen molar-refractivity contribution < 1.29 is 14.3 Å². The monoisotopic (exact) mass is 402 g/mol. The lowest BCUT2D eigenvalue weighted by Gasteiger charge is -2.19. The molecule has 0 radical (unpaired) electrons. The summed E-state index contributed by atoms with van der Waals surface area (Å²) in [5.41, 5.74) is 4.40. The molecule has 0 atom stereocenters. The van der Waals surface area contributed by atoms with E-state index in [-0.39, 0.29) is 6.01 Å². The van der Waals surface area contributed by atoms with E-state index >= 15 is 0 Å². The molecule has 7 heteroatoms. The van der Waals surface area contributed by atoms with Gasteiger partial charge in [-0.2, -0.15) is 9.97 Å². The number of hydrogen-bond acceptors (Lipinski definition) is 7. The van der Waals surface area contributed by atoms with Crippen LogP contribution in [0, 0.1) is 0 Å². The van der Waals surface area contributed by atoms with Gasteiger partial charge in [0.25, 0.3) is 0 Å². The highest BCUT2D eigenvalue weighted by atomic mass is 16.5. The Morgan fingerprint density at radius 2 is 1.93 bits per heavy atom. The minimum absolute atomic E-state index is 0.186. The molecule has 30 heavy (non-hydrogen) atoms. The first-order valence-corrected chi connectivity index (χ1v) is 9.55. The Balaban J connectivity index is 1.71. The van der Waals surface area contributed by atoms with Crippen molar-refractivity contribution in [3.63, 3.8) is 0 Å². The van der Waals surface area contributed by atoms with Gasteiger partial charge >= 0.3 is 12.0 Å². The van der Waals surface area contributed by atoms with Gasteiger partial charge in [0.1, 0.15) is 11.6 Å². The molecule has 2 aromatic carbocycles. The van der Waals surface area contributed by atoms with Gasteiger partial charge in [0.05, 0.1) is 18.2 Å². The van der Waals surface area contributed by atoms with Crippen LogP contribution in [0.1, 0.15) is 24.2 Å². The highest BCUT2D eigenvalue weighted by molar-refractivity contribution is 5.90. The average molecular weight is 402 g/mol. The number of para-hydroxylation sites is 1. The molecule has 1 aliphatic rings. The molecule has 0 amide bonds. The number of esters is 1. The maximum atomic E-state index is 11.8. The highest BCUT2D eigenvalue weighted by Crippen LogP contribution is 2.28. The molecule has 0 bridgehead atoms. The molecule has 1 aliphatic heterocycles. The number of hydrogen-bond donors (Lipinski definition) is 2. The van der Waals surface area contributed by atoms with Gasteiger partial charge in [-0.15, -0.1) is 0 Å². The molecule has 4 rings (SSSR count). The summed E-state index contributed by atoms with van der Waals surface area (Å²) in [7, 11) is 1.34.